The Morgan fingerprint density at radius 3 is 2.46 bits per heavy atom. The van der Waals surface area contributed by atoms with Crippen LogP contribution in [0.5, 0.6) is 0 Å². The molecule has 24 heavy (non-hydrogen) atoms. The highest BCUT2D eigenvalue weighted by Crippen LogP contribution is 2.18. The smallest absolute Gasteiger partial charge is 0.0650 e. The van der Waals surface area contributed by atoms with Gasteiger partial charge >= 0.3 is 0 Å². The summed E-state index contributed by atoms with van der Waals surface area (Å²) < 4.78 is 0. The van der Waals surface area contributed by atoms with Gasteiger partial charge in [-0.15, -0.1) is 0 Å². The van der Waals surface area contributed by atoms with Crippen LogP contribution in [0, 0.1) is 6.92 Å². The number of rotatable bonds is 4. The van der Waals surface area contributed by atoms with Crippen LogP contribution in [-0.2, 0) is 0 Å². The molecular weight excluding hydrogens is 290 g/mol. The minimum absolute atomic E-state index is 0.600. The van der Waals surface area contributed by atoms with E-state index in [9.17, 15) is 0 Å². The molecule has 118 valence electrons. The first kappa shape index (κ1) is 15.9. The fourth-order valence-corrected chi connectivity index (χ4v) is 2.62. The number of hydrogen-bond acceptors (Lipinski definition) is 1. The van der Waals surface area contributed by atoms with Crippen molar-refractivity contribution in [1.29, 1.82) is 0 Å². The standard InChI is InChI=1S/C23H21N/c1-18-10-6-7-13-21(18)16-22-14-8-9-15-23(22)24-17-19(2)20-11-4-3-5-12-20/h3-16H,2,17H2,1H3/b22-16-,24-23?. The largest absolute Gasteiger partial charge is 0.280 e. The van der Waals surface area contributed by atoms with Gasteiger partial charge in [-0.05, 0) is 41.3 Å². The van der Waals surface area contributed by atoms with Gasteiger partial charge in [-0.25, -0.2) is 0 Å². The first-order chi connectivity index (χ1) is 11.7. The van der Waals surface area contributed by atoms with Crippen molar-refractivity contribution in [3.05, 3.63) is 108 Å². The van der Waals surface area contributed by atoms with Gasteiger partial charge in [0.05, 0.1) is 12.3 Å². The zero-order chi connectivity index (χ0) is 16.8. The molecule has 0 amide bonds. The second-order valence-corrected chi connectivity index (χ2v) is 5.85. The van der Waals surface area contributed by atoms with Crippen LogP contribution < -0.4 is 0 Å². The molecule has 1 aliphatic carbocycles. The van der Waals surface area contributed by atoms with Crippen LogP contribution in [0.3, 0.4) is 0 Å². The molecule has 2 aromatic rings. The van der Waals surface area contributed by atoms with Crippen molar-refractivity contribution in [3.8, 4) is 0 Å². The normalized spacial score (nSPS) is 16.7. The zero-order valence-corrected chi connectivity index (χ0v) is 13.9. The Kier molecular flexibility index (Phi) is 5.02. The van der Waals surface area contributed by atoms with E-state index in [0.29, 0.717) is 6.54 Å². The zero-order valence-electron chi connectivity index (χ0n) is 13.9. The van der Waals surface area contributed by atoms with E-state index in [2.05, 4.69) is 74.2 Å². The second-order valence-electron chi connectivity index (χ2n) is 5.85. The van der Waals surface area contributed by atoms with E-state index >= 15 is 0 Å². The molecule has 1 nitrogen and oxygen atoms in total. The number of hydrogen-bond donors (Lipinski definition) is 0. The van der Waals surface area contributed by atoms with Crippen LogP contribution in [0.1, 0.15) is 16.7 Å². The van der Waals surface area contributed by atoms with Crippen LogP contribution in [0.4, 0.5) is 0 Å². The third kappa shape index (κ3) is 3.88. The maximum atomic E-state index is 4.78. The summed E-state index contributed by atoms with van der Waals surface area (Å²) in [5.41, 5.74) is 6.79. The first-order valence-corrected chi connectivity index (χ1v) is 8.14. The first-order valence-electron chi connectivity index (χ1n) is 8.14. The van der Waals surface area contributed by atoms with Gasteiger partial charge in [0.2, 0.25) is 0 Å². The van der Waals surface area contributed by atoms with Crippen LogP contribution in [-0.4, -0.2) is 12.3 Å². The van der Waals surface area contributed by atoms with Crippen LogP contribution in [0.25, 0.3) is 11.6 Å². The van der Waals surface area contributed by atoms with Crippen LogP contribution in [0.2, 0.25) is 0 Å². The molecule has 0 heterocycles. The Bertz CT molecular complexity index is 849. The SMILES string of the molecule is C=C(CN=C1C=CC=C/C1=C/c1ccccc1C)c1ccccc1. The van der Waals surface area contributed by atoms with E-state index in [0.717, 1.165) is 22.4 Å². The van der Waals surface area contributed by atoms with Gasteiger partial charge in [0.25, 0.3) is 0 Å². The summed E-state index contributed by atoms with van der Waals surface area (Å²) in [6.45, 7) is 6.89. The fourth-order valence-electron chi connectivity index (χ4n) is 2.62. The Hall–Kier alpha value is -2.93. The van der Waals surface area contributed by atoms with E-state index in [1.807, 2.05) is 24.3 Å². The minimum atomic E-state index is 0.600. The fraction of sp³-hybridized carbons (Fsp3) is 0.0870. The van der Waals surface area contributed by atoms with Crippen molar-refractivity contribution >= 4 is 17.4 Å². The third-order valence-corrected chi connectivity index (χ3v) is 4.06. The molecule has 0 radical (unpaired) electrons. The Morgan fingerprint density at radius 1 is 0.958 bits per heavy atom. The van der Waals surface area contributed by atoms with Gasteiger partial charge in [-0.2, -0.15) is 0 Å². The Balaban J connectivity index is 1.83. The van der Waals surface area contributed by atoms with Crippen LogP contribution in [0.15, 0.2) is 96.0 Å². The highest BCUT2D eigenvalue weighted by atomic mass is 14.7. The van der Waals surface area contributed by atoms with E-state index in [-0.39, 0.29) is 0 Å². The van der Waals surface area contributed by atoms with Gasteiger partial charge in [0, 0.05) is 5.57 Å². The maximum Gasteiger partial charge on any atom is 0.0650 e. The number of nitrogens with zero attached hydrogens (tertiary/aromatic N) is 1. The summed E-state index contributed by atoms with van der Waals surface area (Å²) in [5, 5.41) is 0. The molecule has 0 N–H and O–H groups in total. The molecule has 0 bridgehead atoms. The summed E-state index contributed by atoms with van der Waals surface area (Å²) in [4.78, 5) is 4.78. The highest BCUT2D eigenvalue weighted by molar-refractivity contribution is 6.14. The molecular formula is C23H21N. The van der Waals surface area contributed by atoms with Gasteiger partial charge in [0.1, 0.15) is 0 Å². The van der Waals surface area contributed by atoms with Crippen LogP contribution >= 0.6 is 0 Å². The number of allylic oxidation sites excluding steroid dienone is 5. The van der Waals surface area contributed by atoms with Gasteiger partial charge < -0.3 is 0 Å². The van der Waals surface area contributed by atoms with Crippen molar-refractivity contribution in [2.24, 2.45) is 4.99 Å². The van der Waals surface area contributed by atoms with Crippen molar-refractivity contribution in [2.75, 3.05) is 6.54 Å². The predicted octanol–water partition coefficient (Wildman–Crippen LogP) is 5.66. The lowest BCUT2D eigenvalue weighted by atomic mass is 9.99. The topological polar surface area (TPSA) is 12.4 Å². The average molecular weight is 311 g/mol. The highest BCUT2D eigenvalue weighted by Gasteiger charge is 2.06. The van der Waals surface area contributed by atoms with E-state index in [4.69, 9.17) is 4.99 Å². The summed E-state index contributed by atoms with van der Waals surface area (Å²) in [6.07, 6.45) is 10.4. The predicted molar refractivity (Wildman–Crippen MR) is 105 cm³/mol. The minimum Gasteiger partial charge on any atom is -0.280 e. The summed E-state index contributed by atoms with van der Waals surface area (Å²) >= 11 is 0. The lowest BCUT2D eigenvalue weighted by Crippen LogP contribution is -2.02. The number of benzene rings is 2. The summed E-state index contributed by atoms with van der Waals surface area (Å²) in [5.74, 6) is 0. The molecule has 0 aromatic heterocycles. The molecule has 3 rings (SSSR count). The van der Waals surface area contributed by atoms with E-state index < -0.39 is 0 Å². The molecule has 0 fully saturated rings. The lowest BCUT2D eigenvalue weighted by Gasteiger charge is -2.10. The lowest BCUT2D eigenvalue weighted by molar-refractivity contribution is 1.26. The summed E-state index contributed by atoms with van der Waals surface area (Å²) in [7, 11) is 0. The molecule has 0 saturated heterocycles. The average Bonchev–Trinajstić information content (AvgIpc) is 2.63. The molecule has 0 saturated carbocycles. The van der Waals surface area contributed by atoms with E-state index in [1.54, 1.807) is 0 Å². The molecule has 0 aliphatic heterocycles. The van der Waals surface area contributed by atoms with Gasteiger partial charge in [0.15, 0.2) is 0 Å². The Labute approximate surface area is 144 Å². The maximum absolute atomic E-state index is 4.78. The molecule has 0 unspecified atom stereocenters. The van der Waals surface area contributed by atoms with Crippen molar-refractivity contribution in [1.82, 2.24) is 0 Å². The molecule has 1 heteroatoms. The molecule has 0 atom stereocenters. The van der Waals surface area contributed by atoms with Gasteiger partial charge in [-0.3, -0.25) is 4.99 Å². The summed E-state index contributed by atoms with van der Waals surface area (Å²) in [6, 6.07) is 18.6. The molecule has 0 spiro atoms. The van der Waals surface area contributed by atoms with Crippen molar-refractivity contribution in [3.63, 3.8) is 0 Å². The number of aryl methyl sites for hydroxylation is 1. The van der Waals surface area contributed by atoms with Gasteiger partial charge in [-0.1, -0.05) is 79.4 Å². The van der Waals surface area contributed by atoms with Crippen molar-refractivity contribution in [2.45, 2.75) is 6.92 Å². The van der Waals surface area contributed by atoms with Crippen molar-refractivity contribution < 1.29 is 0 Å². The monoisotopic (exact) mass is 311 g/mol. The molecule has 2 aromatic carbocycles. The number of aliphatic imine (C=N–C) groups is 1. The Morgan fingerprint density at radius 2 is 1.67 bits per heavy atom. The van der Waals surface area contributed by atoms with E-state index in [1.165, 1.54) is 11.1 Å². The third-order valence-electron chi connectivity index (χ3n) is 4.06. The molecule has 1 aliphatic rings. The second kappa shape index (κ2) is 7.56. The quantitative estimate of drug-likeness (QED) is 0.691.